The van der Waals surface area contributed by atoms with Crippen molar-refractivity contribution in [2.24, 2.45) is 0 Å². The number of carbonyl (C=O) groups excluding carboxylic acids is 1. The number of nitrogens with zero attached hydrogens (tertiary/aromatic N) is 2. The van der Waals surface area contributed by atoms with Crippen molar-refractivity contribution in [3.8, 4) is 5.75 Å². The molecule has 6 nitrogen and oxygen atoms in total. The number of carbonyl (C=O) groups is 2. The molecule has 1 aromatic carbocycles. The largest absolute Gasteiger partial charge is 0.496 e. The van der Waals surface area contributed by atoms with Crippen molar-refractivity contribution in [3.05, 3.63) is 29.3 Å². The quantitative estimate of drug-likeness (QED) is 0.851. The smallest absolute Gasteiger partial charge is 0.317 e. The number of likely N-dealkylation sites (N-methyl/N-ethyl adjacent to an activating group) is 1. The van der Waals surface area contributed by atoms with Crippen LogP contribution >= 0.6 is 0 Å². The molecule has 138 valence electrons. The molecule has 1 fully saturated rings. The highest BCUT2D eigenvalue weighted by Gasteiger charge is 2.24. The van der Waals surface area contributed by atoms with E-state index >= 15 is 0 Å². The minimum Gasteiger partial charge on any atom is -0.496 e. The first-order chi connectivity index (χ1) is 11.9. The molecule has 0 spiro atoms. The Labute approximate surface area is 149 Å². The molecule has 1 aliphatic heterocycles. The molecule has 1 amide bonds. The summed E-state index contributed by atoms with van der Waals surface area (Å²) in [6.07, 6.45) is 2.95. The van der Waals surface area contributed by atoms with Gasteiger partial charge in [0.2, 0.25) is 5.91 Å². The summed E-state index contributed by atoms with van der Waals surface area (Å²) in [4.78, 5) is 27.4. The van der Waals surface area contributed by atoms with E-state index in [1.165, 1.54) is 0 Å². The predicted molar refractivity (Wildman–Crippen MR) is 95.9 cm³/mol. The number of aliphatic carboxylic acids is 1. The Hall–Kier alpha value is -2.08. The zero-order valence-corrected chi connectivity index (χ0v) is 15.3. The molecular weight excluding hydrogens is 320 g/mol. The van der Waals surface area contributed by atoms with Crippen molar-refractivity contribution in [2.75, 3.05) is 33.8 Å². The fourth-order valence-corrected chi connectivity index (χ4v) is 3.43. The summed E-state index contributed by atoms with van der Waals surface area (Å²) < 4.78 is 5.37. The van der Waals surface area contributed by atoms with Crippen LogP contribution in [0.3, 0.4) is 0 Å². The lowest BCUT2D eigenvalue weighted by atomic mass is 10.1. The molecule has 6 heteroatoms. The van der Waals surface area contributed by atoms with Gasteiger partial charge in [-0.3, -0.25) is 14.5 Å². The van der Waals surface area contributed by atoms with Gasteiger partial charge in [-0.05, 0) is 39.3 Å². The standard InChI is InChI=1S/C19H28N2O4/c1-14-6-7-17(25-3)15(11-14)12-18(22)21-9-4-5-16(8-10-21)20(2)13-19(23)24/h6-7,11,16H,4-5,8-10,12-13H2,1-3H3,(H,23,24). The normalized spacial score (nSPS) is 18.1. The van der Waals surface area contributed by atoms with Crippen LogP contribution in [0, 0.1) is 6.92 Å². The third-order valence-corrected chi connectivity index (χ3v) is 4.84. The SMILES string of the molecule is COc1ccc(C)cc1CC(=O)N1CCCC(N(C)CC(=O)O)CC1. The van der Waals surface area contributed by atoms with E-state index in [2.05, 4.69) is 0 Å². The van der Waals surface area contributed by atoms with Crippen LogP contribution in [0.4, 0.5) is 0 Å². The maximum atomic E-state index is 12.7. The van der Waals surface area contributed by atoms with Crippen molar-refractivity contribution in [2.45, 2.75) is 38.6 Å². The van der Waals surface area contributed by atoms with E-state index in [1.54, 1.807) is 7.11 Å². The number of methoxy groups -OCH3 is 1. The Balaban J connectivity index is 1.97. The number of likely N-dealkylation sites (tertiary alicyclic amines) is 1. The van der Waals surface area contributed by atoms with Crippen molar-refractivity contribution in [1.29, 1.82) is 0 Å². The van der Waals surface area contributed by atoms with E-state index in [9.17, 15) is 9.59 Å². The highest BCUT2D eigenvalue weighted by molar-refractivity contribution is 5.79. The molecule has 0 radical (unpaired) electrons. The molecule has 0 aliphatic carbocycles. The maximum Gasteiger partial charge on any atom is 0.317 e. The Morgan fingerprint density at radius 2 is 2.08 bits per heavy atom. The molecule has 0 saturated carbocycles. The summed E-state index contributed by atoms with van der Waals surface area (Å²) in [5.74, 6) is 0.0319. The van der Waals surface area contributed by atoms with Crippen molar-refractivity contribution < 1.29 is 19.4 Å². The fraction of sp³-hybridized carbons (Fsp3) is 0.579. The van der Waals surface area contributed by atoms with Gasteiger partial charge < -0.3 is 14.7 Å². The summed E-state index contributed by atoms with van der Waals surface area (Å²) in [6, 6.07) is 6.08. The van der Waals surface area contributed by atoms with E-state index in [0.29, 0.717) is 13.0 Å². The minimum absolute atomic E-state index is 0.0408. The number of amides is 1. The zero-order valence-electron chi connectivity index (χ0n) is 15.3. The lowest BCUT2D eigenvalue weighted by molar-refractivity contribution is -0.138. The van der Waals surface area contributed by atoms with Crippen LogP contribution in [0.25, 0.3) is 0 Å². The number of rotatable bonds is 6. The van der Waals surface area contributed by atoms with E-state index in [1.807, 2.05) is 42.0 Å². The third kappa shape index (κ3) is 5.46. The molecule has 1 N–H and O–H groups in total. The van der Waals surface area contributed by atoms with Gasteiger partial charge in [0.1, 0.15) is 5.75 Å². The Bertz CT molecular complexity index is 617. The number of hydrogen-bond donors (Lipinski definition) is 1. The van der Waals surface area contributed by atoms with Crippen LogP contribution in [0.2, 0.25) is 0 Å². The number of carboxylic acids is 1. The molecule has 1 aliphatic rings. The molecular formula is C19H28N2O4. The summed E-state index contributed by atoms with van der Waals surface area (Å²) in [5, 5.41) is 8.94. The number of benzene rings is 1. The van der Waals surface area contributed by atoms with Gasteiger partial charge in [0, 0.05) is 24.7 Å². The summed E-state index contributed by atoms with van der Waals surface area (Å²) in [5.41, 5.74) is 2.02. The second-order valence-electron chi connectivity index (χ2n) is 6.77. The summed E-state index contributed by atoms with van der Waals surface area (Å²) in [7, 11) is 3.46. The van der Waals surface area contributed by atoms with Gasteiger partial charge in [-0.1, -0.05) is 17.7 Å². The molecule has 1 atom stereocenters. The van der Waals surface area contributed by atoms with E-state index < -0.39 is 5.97 Å². The van der Waals surface area contributed by atoms with E-state index in [4.69, 9.17) is 9.84 Å². The lowest BCUT2D eigenvalue weighted by Crippen LogP contribution is -2.37. The first kappa shape index (κ1) is 19.2. The zero-order chi connectivity index (χ0) is 18.4. The van der Waals surface area contributed by atoms with Crippen molar-refractivity contribution in [1.82, 2.24) is 9.80 Å². The van der Waals surface area contributed by atoms with Gasteiger partial charge in [0.25, 0.3) is 0 Å². The molecule has 1 saturated heterocycles. The first-order valence-corrected chi connectivity index (χ1v) is 8.74. The minimum atomic E-state index is -0.814. The number of carboxylic acid groups (broad SMARTS) is 1. The fourth-order valence-electron chi connectivity index (χ4n) is 3.43. The number of aryl methyl sites for hydroxylation is 1. The molecule has 1 heterocycles. The van der Waals surface area contributed by atoms with Crippen LogP contribution < -0.4 is 4.74 Å². The van der Waals surface area contributed by atoms with E-state index in [0.717, 1.165) is 42.7 Å². The van der Waals surface area contributed by atoms with Gasteiger partial charge in [-0.25, -0.2) is 0 Å². The maximum absolute atomic E-state index is 12.7. The van der Waals surface area contributed by atoms with Crippen molar-refractivity contribution >= 4 is 11.9 Å². The van der Waals surface area contributed by atoms with Crippen LogP contribution in [0.15, 0.2) is 18.2 Å². The van der Waals surface area contributed by atoms with Gasteiger partial charge in [-0.15, -0.1) is 0 Å². The number of ether oxygens (including phenoxy) is 1. The number of hydrogen-bond acceptors (Lipinski definition) is 4. The highest BCUT2D eigenvalue weighted by Crippen LogP contribution is 2.22. The topological polar surface area (TPSA) is 70.1 Å². The highest BCUT2D eigenvalue weighted by atomic mass is 16.5. The van der Waals surface area contributed by atoms with Crippen LogP contribution in [0.1, 0.15) is 30.4 Å². The lowest BCUT2D eigenvalue weighted by Gasteiger charge is -2.25. The Morgan fingerprint density at radius 1 is 1.32 bits per heavy atom. The van der Waals surface area contributed by atoms with Crippen molar-refractivity contribution in [3.63, 3.8) is 0 Å². The molecule has 0 bridgehead atoms. The van der Waals surface area contributed by atoms with Gasteiger partial charge in [0.15, 0.2) is 0 Å². The molecule has 2 rings (SSSR count). The van der Waals surface area contributed by atoms with Gasteiger partial charge >= 0.3 is 5.97 Å². The molecule has 1 aromatic rings. The third-order valence-electron chi connectivity index (χ3n) is 4.84. The Kier molecular flexibility index (Phi) is 6.82. The van der Waals surface area contributed by atoms with Crippen LogP contribution in [-0.2, 0) is 16.0 Å². The van der Waals surface area contributed by atoms with E-state index in [-0.39, 0.29) is 18.5 Å². The monoisotopic (exact) mass is 348 g/mol. The summed E-state index contributed by atoms with van der Waals surface area (Å²) >= 11 is 0. The second kappa shape index (κ2) is 8.85. The molecule has 1 unspecified atom stereocenters. The predicted octanol–water partition coefficient (Wildman–Crippen LogP) is 1.94. The molecule has 0 aromatic heterocycles. The van der Waals surface area contributed by atoms with Gasteiger partial charge in [0.05, 0.1) is 20.1 Å². The van der Waals surface area contributed by atoms with Gasteiger partial charge in [-0.2, -0.15) is 0 Å². The average Bonchev–Trinajstić information content (AvgIpc) is 2.80. The second-order valence-corrected chi connectivity index (χ2v) is 6.77. The molecule has 25 heavy (non-hydrogen) atoms. The summed E-state index contributed by atoms with van der Waals surface area (Å²) in [6.45, 7) is 3.44. The first-order valence-electron chi connectivity index (χ1n) is 8.74. The average molecular weight is 348 g/mol. The van der Waals surface area contributed by atoms with Crippen LogP contribution in [0.5, 0.6) is 5.75 Å². The van der Waals surface area contributed by atoms with Crippen LogP contribution in [-0.4, -0.2) is 66.6 Å². The Morgan fingerprint density at radius 3 is 2.76 bits per heavy atom.